The fraction of sp³-hybridized carbons (Fsp3) is 0.304. The van der Waals surface area contributed by atoms with Crippen LogP contribution in [0.2, 0.25) is 0 Å². The van der Waals surface area contributed by atoms with Gasteiger partial charge < -0.3 is 9.47 Å². The normalized spacial score (nSPS) is 11.6. The Morgan fingerprint density at radius 3 is 1.94 bits per heavy atom. The van der Waals surface area contributed by atoms with E-state index in [1.54, 1.807) is 12.1 Å². The molecule has 188 valence electrons. The van der Waals surface area contributed by atoms with Crippen LogP contribution in [0.1, 0.15) is 31.7 Å². The van der Waals surface area contributed by atoms with Gasteiger partial charge in [-0.15, -0.1) is 0 Å². The van der Waals surface area contributed by atoms with E-state index in [0.29, 0.717) is 0 Å². The maximum absolute atomic E-state index is 12.8. The van der Waals surface area contributed by atoms with Gasteiger partial charge in [0.05, 0.1) is 24.0 Å². The molecule has 0 saturated heterocycles. The van der Waals surface area contributed by atoms with Gasteiger partial charge >= 0.3 is 6.01 Å². The molecular weight excluding hydrogens is 492 g/mol. The lowest BCUT2D eigenvalue weighted by atomic mass is 10.1. The molecule has 10 nitrogen and oxygen atoms in total. The number of rotatable bonds is 12. The fourth-order valence-electron chi connectivity index (χ4n) is 3.18. The van der Waals surface area contributed by atoms with Crippen LogP contribution in [0.5, 0.6) is 11.9 Å². The van der Waals surface area contributed by atoms with Crippen molar-refractivity contribution in [3.63, 3.8) is 0 Å². The van der Waals surface area contributed by atoms with Crippen molar-refractivity contribution in [2.24, 2.45) is 0 Å². The number of ether oxygens (including phenoxy) is 2. The zero-order valence-corrected chi connectivity index (χ0v) is 21.3. The molecule has 0 aliphatic rings. The lowest BCUT2D eigenvalue weighted by Gasteiger charge is -2.11. The summed E-state index contributed by atoms with van der Waals surface area (Å²) in [7, 11) is -5.13. The number of hydrogen-bond acceptors (Lipinski definition) is 8. The van der Waals surface area contributed by atoms with Crippen molar-refractivity contribution >= 4 is 31.6 Å². The van der Waals surface area contributed by atoms with Gasteiger partial charge in [-0.1, -0.05) is 31.9 Å². The predicted octanol–water partition coefficient (Wildman–Crippen LogP) is 3.83. The van der Waals surface area contributed by atoms with Crippen molar-refractivity contribution in [1.82, 2.24) is 9.97 Å². The minimum atomic E-state index is -4.02. The number of methoxy groups -OCH3 is 2. The molecule has 0 amide bonds. The Kier molecular flexibility index (Phi) is 8.52. The highest BCUT2D eigenvalue weighted by molar-refractivity contribution is 7.93. The lowest BCUT2D eigenvalue weighted by molar-refractivity contribution is 0.353. The Hall–Kier alpha value is -3.38. The van der Waals surface area contributed by atoms with Crippen LogP contribution in [0.25, 0.3) is 0 Å². The van der Waals surface area contributed by atoms with Gasteiger partial charge in [0.1, 0.15) is 0 Å². The van der Waals surface area contributed by atoms with E-state index in [9.17, 15) is 16.8 Å². The van der Waals surface area contributed by atoms with Crippen molar-refractivity contribution in [2.75, 3.05) is 23.7 Å². The highest BCUT2D eigenvalue weighted by Gasteiger charge is 2.18. The second-order valence-corrected chi connectivity index (χ2v) is 11.0. The number of benzene rings is 2. The molecule has 0 fully saturated rings. The molecule has 0 radical (unpaired) electrons. The molecule has 12 heteroatoms. The monoisotopic (exact) mass is 520 g/mol. The highest BCUT2D eigenvalue weighted by Crippen LogP contribution is 2.23. The first-order valence-corrected chi connectivity index (χ1v) is 13.8. The van der Waals surface area contributed by atoms with Crippen LogP contribution < -0.4 is 18.9 Å². The van der Waals surface area contributed by atoms with E-state index in [-0.39, 0.29) is 33.2 Å². The van der Waals surface area contributed by atoms with Gasteiger partial charge in [-0.3, -0.25) is 9.44 Å². The second kappa shape index (κ2) is 11.4. The van der Waals surface area contributed by atoms with Gasteiger partial charge in [0, 0.05) is 11.8 Å². The summed E-state index contributed by atoms with van der Waals surface area (Å²) in [5.74, 6) is 0.0740. The minimum Gasteiger partial charge on any atom is -0.481 e. The third kappa shape index (κ3) is 7.06. The smallest absolute Gasteiger partial charge is 0.321 e. The van der Waals surface area contributed by atoms with Crippen molar-refractivity contribution in [2.45, 2.75) is 42.4 Å². The van der Waals surface area contributed by atoms with Crippen LogP contribution in [0.3, 0.4) is 0 Å². The first-order chi connectivity index (χ1) is 16.7. The summed E-state index contributed by atoms with van der Waals surface area (Å²) in [6, 6.07) is 13.3. The molecule has 0 atom stereocenters. The Balaban J connectivity index is 1.71. The number of sulfonamides is 2. The number of nitrogens with one attached hydrogen (secondary N) is 2. The quantitative estimate of drug-likeness (QED) is 0.344. The summed E-state index contributed by atoms with van der Waals surface area (Å²) < 4.78 is 65.7. The van der Waals surface area contributed by atoms with Gasteiger partial charge in [-0.25, -0.2) is 16.8 Å². The number of unbranched alkanes of at least 4 members (excludes halogenated alkanes) is 2. The number of aromatic nitrogens is 2. The molecular formula is C23H28N4O6S2. The summed E-state index contributed by atoms with van der Waals surface area (Å²) in [6.07, 6.45) is 4.21. The number of anilines is 2. The van der Waals surface area contributed by atoms with E-state index in [4.69, 9.17) is 9.47 Å². The average molecular weight is 521 g/mol. The predicted molar refractivity (Wildman–Crippen MR) is 133 cm³/mol. The number of nitrogens with zero attached hydrogens (tertiary/aromatic N) is 2. The summed E-state index contributed by atoms with van der Waals surface area (Å²) in [6.45, 7) is 2.13. The Labute approximate surface area is 205 Å². The molecule has 35 heavy (non-hydrogen) atoms. The van der Waals surface area contributed by atoms with Gasteiger partial charge in [-0.2, -0.15) is 9.97 Å². The third-order valence-corrected chi connectivity index (χ3v) is 7.80. The van der Waals surface area contributed by atoms with E-state index in [1.807, 2.05) is 12.1 Å². The van der Waals surface area contributed by atoms with E-state index >= 15 is 0 Å². The van der Waals surface area contributed by atoms with E-state index < -0.39 is 20.0 Å². The molecule has 0 spiro atoms. The summed E-state index contributed by atoms with van der Waals surface area (Å²) >= 11 is 0. The first kappa shape index (κ1) is 26.2. The molecule has 2 aromatic carbocycles. The van der Waals surface area contributed by atoms with Crippen LogP contribution in [0.15, 0.2) is 64.4 Å². The SMILES string of the molecule is CCCCCc1ccc(S(=O)(=O)Nc2ccc(S(=O)(=O)Nc3cc(OC)nc(OC)n3)cc2)cc1. The molecule has 3 aromatic rings. The molecule has 0 unspecified atom stereocenters. The number of hydrogen-bond donors (Lipinski definition) is 2. The van der Waals surface area contributed by atoms with Gasteiger partial charge in [0.15, 0.2) is 5.82 Å². The molecule has 0 saturated carbocycles. The Morgan fingerprint density at radius 2 is 1.37 bits per heavy atom. The first-order valence-electron chi connectivity index (χ1n) is 10.9. The molecule has 1 aromatic heterocycles. The topological polar surface area (TPSA) is 137 Å². The van der Waals surface area contributed by atoms with Crippen LogP contribution in [0.4, 0.5) is 11.5 Å². The van der Waals surface area contributed by atoms with Gasteiger partial charge in [-0.05, 0) is 54.8 Å². The second-order valence-electron chi connectivity index (χ2n) is 7.62. The zero-order chi connectivity index (χ0) is 25.5. The maximum Gasteiger partial charge on any atom is 0.321 e. The molecule has 0 aliphatic heterocycles. The number of aryl methyl sites for hydroxylation is 1. The van der Waals surface area contributed by atoms with Gasteiger partial charge in [0.25, 0.3) is 20.0 Å². The minimum absolute atomic E-state index is 0.0448. The van der Waals surface area contributed by atoms with Crippen molar-refractivity contribution in [3.8, 4) is 11.9 Å². The summed E-state index contributed by atoms with van der Waals surface area (Å²) in [5, 5.41) is 0. The van der Waals surface area contributed by atoms with Crippen LogP contribution in [-0.2, 0) is 26.5 Å². The summed E-state index contributed by atoms with van der Waals surface area (Å²) in [5.41, 5.74) is 1.31. The average Bonchev–Trinajstić information content (AvgIpc) is 2.84. The van der Waals surface area contributed by atoms with E-state index in [0.717, 1.165) is 31.2 Å². The van der Waals surface area contributed by atoms with E-state index in [2.05, 4.69) is 26.3 Å². The fourth-order valence-corrected chi connectivity index (χ4v) is 5.23. The van der Waals surface area contributed by atoms with Crippen molar-refractivity contribution in [1.29, 1.82) is 0 Å². The van der Waals surface area contributed by atoms with Crippen LogP contribution in [-0.4, -0.2) is 41.0 Å². The standard InChI is InChI=1S/C23H28N4O6S2/c1-4-5-6-7-17-8-12-19(13-9-17)34(28,29)26-18-10-14-20(15-11-18)35(30,31)27-21-16-22(32-2)25-23(24-21)33-3/h8-16,26H,4-7H2,1-3H3,(H,24,25,27). The Morgan fingerprint density at radius 1 is 0.771 bits per heavy atom. The van der Waals surface area contributed by atoms with Gasteiger partial charge in [0.2, 0.25) is 5.88 Å². The summed E-state index contributed by atoms with van der Waals surface area (Å²) in [4.78, 5) is 7.89. The van der Waals surface area contributed by atoms with E-state index in [1.165, 1.54) is 44.6 Å². The van der Waals surface area contributed by atoms with Crippen molar-refractivity contribution in [3.05, 3.63) is 60.2 Å². The highest BCUT2D eigenvalue weighted by atomic mass is 32.2. The maximum atomic E-state index is 12.8. The van der Waals surface area contributed by atoms with Crippen LogP contribution >= 0.6 is 0 Å². The lowest BCUT2D eigenvalue weighted by Crippen LogP contribution is -2.15. The molecule has 0 aliphatic carbocycles. The third-order valence-electron chi connectivity index (χ3n) is 5.03. The molecule has 2 N–H and O–H groups in total. The largest absolute Gasteiger partial charge is 0.481 e. The molecule has 3 rings (SSSR count). The molecule has 0 bridgehead atoms. The van der Waals surface area contributed by atoms with Crippen molar-refractivity contribution < 1.29 is 26.3 Å². The van der Waals surface area contributed by atoms with Crippen LogP contribution in [0, 0.1) is 0 Å². The Bertz CT molecular complexity index is 1320. The zero-order valence-electron chi connectivity index (χ0n) is 19.7. The molecule has 1 heterocycles.